The zero-order valence-corrected chi connectivity index (χ0v) is 15.0. The number of nitrogens with zero attached hydrogens (tertiary/aromatic N) is 3. The van der Waals surface area contributed by atoms with Gasteiger partial charge in [0.1, 0.15) is 0 Å². The van der Waals surface area contributed by atoms with Gasteiger partial charge in [-0.1, -0.05) is 66.7 Å². The van der Waals surface area contributed by atoms with Crippen molar-refractivity contribution in [3.8, 4) is 0 Å². The van der Waals surface area contributed by atoms with E-state index in [1.54, 1.807) is 0 Å². The first kappa shape index (κ1) is 17.0. The van der Waals surface area contributed by atoms with Crippen molar-refractivity contribution in [1.82, 2.24) is 14.8 Å². The highest BCUT2D eigenvalue weighted by Crippen LogP contribution is 2.31. The quantitative estimate of drug-likeness (QED) is 0.680. The molecular formula is C23H25N3. The molecule has 26 heavy (non-hydrogen) atoms. The van der Waals surface area contributed by atoms with Gasteiger partial charge < -0.3 is 0 Å². The number of hydrogen-bond acceptors (Lipinski definition) is 3. The zero-order valence-electron chi connectivity index (χ0n) is 15.0. The second-order valence-electron chi connectivity index (χ2n) is 6.93. The fraction of sp³-hybridized carbons (Fsp3) is 0.261. The van der Waals surface area contributed by atoms with Gasteiger partial charge >= 0.3 is 0 Å². The van der Waals surface area contributed by atoms with Crippen LogP contribution in [0.2, 0.25) is 0 Å². The van der Waals surface area contributed by atoms with E-state index in [-0.39, 0.29) is 6.17 Å². The molecule has 0 bridgehead atoms. The van der Waals surface area contributed by atoms with Crippen LogP contribution in [0, 0.1) is 0 Å². The first-order valence-electron chi connectivity index (χ1n) is 9.36. The summed E-state index contributed by atoms with van der Waals surface area (Å²) in [5.41, 5.74) is 4.00. The van der Waals surface area contributed by atoms with Crippen molar-refractivity contribution in [2.45, 2.75) is 25.7 Å². The van der Waals surface area contributed by atoms with Gasteiger partial charge in [0.05, 0.1) is 6.17 Å². The Morgan fingerprint density at radius 1 is 0.731 bits per heavy atom. The molecular weight excluding hydrogens is 318 g/mol. The summed E-state index contributed by atoms with van der Waals surface area (Å²) in [6.45, 7) is 4.15. The van der Waals surface area contributed by atoms with E-state index in [0.717, 1.165) is 26.2 Å². The van der Waals surface area contributed by atoms with Crippen LogP contribution in [-0.4, -0.2) is 27.9 Å². The number of hydrogen-bond donors (Lipinski definition) is 0. The van der Waals surface area contributed by atoms with Crippen molar-refractivity contribution < 1.29 is 0 Å². The molecule has 1 fully saturated rings. The van der Waals surface area contributed by atoms with E-state index in [0.29, 0.717) is 0 Å². The summed E-state index contributed by atoms with van der Waals surface area (Å²) in [6.07, 6.45) is 5.33. The third kappa shape index (κ3) is 4.01. The van der Waals surface area contributed by atoms with Crippen LogP contribution in [0.1, 0.15) is 29.3 Å². The molecule has 0 atom stereocenters. The van der Waals surface area contributed by atoms with Crippen molar-refractivity contribution >= 4 is 0 Å². The van der Waals surface area contributed by atoms with E-state index in [1.165, 1.54) is 23.1 Å². The lowest BCUT2D eigenvalue weighted by molar-refractivity contribution is -0.00928. The van der Waals surface area contributed by atoms with Crippen LogP contribution < -0.4 is 0 Å². The van der Waals surface area contributed by atoms with Crippen LogP contribution in [0.25, 0.3) is 0 Å². The van der Waals surface area contributed by atoms with Gasteiger partial charge in [0.15, 0.2) is 0 Å². The number of pyridine rings is 1. The average molecular weight is 343 g/mol. The monoisotopic (exact) mass is 343 g/mol. The minimum absolute atomic E-state index is 0.262. The molecule has 4 rings (SSSR count). The Labute approximate surface area is 155 Å². The molecule has 3 heteroatoms. The Kier molecular flexibility index (Phi) is 5.38. The average Bonchev–Trinajstić information content (AvgIpc) is 2.70. The summed E-state index contributed by atoms with van der Waals surface area (Å²) < 4.78 is 0. The van der Waals surface area contributed by atoms with Crippen LogP contribution in [-0.2, 0) is 13.1 Å². The highest BCUT2D eigenvalue weighted by molar-refractivity contribution is 5.20. The Bertz CT molecular complexity index is 740. The zero-order chi connectivity index (χ0) is 17.6. The van der Waals surface area contributed by atoms with Crippen molar-refractivity contribution in [3.05, 3.63) is 102 Å². The number of rotatable bonds is 5. The topological polar surface area (TPSA) is 19.4 Å². The minimum atomic E-state index is 0.262. The largest absolute Gasteiger partial charge is 0.280 e. The summed E-state index contributed by atoms with van der Waals surface area (Å²) in [5, 5.41) is 0. The van der Waals surface area contributed by atoms with Gasteiger partial charge in [-0.2, -0.15) is 0 Å². The summed E-state index contributed by atoms with van der Waals surface area (Å²) in [7, 11) is 0. The maximum atomic E-state index is 4.39. The molecule has 3 nitrogen and oxygen atoms in total. The summed E-state index contributed by atoms with van der Waals surface area (Å²) in [6, 6.07) is 25.8. The first-order chi connectivity index (χ1) is 12.9. The highest BCUT2D eigenvalue weighted by atomic mass is 15.4. The lowest BCUT2D eigenvalue weighted by Crippen LogP contribution is -2.46. The molecule has 0 aliphatic carbocycles. The SMILES string of the molecule is c1ccc(CN2CCCN(Cc3ccccc3)C2c2cccnc2)cc1. The smallest absolute Gasteiger partial charge is 0.0907 e. The first-order valence-corrected chi connectivity index (χ1v) is 9.36. The summed E-state index contributed by atoms with van der Waals surface area (Å²) in [5.74, 6) is 0. The lowest BCUT2D eigenvalue weighted by Gasteiger charge is -2.44. The van der Waals surface area contributed by atoms with Gasteiger partial charge in [0.25, 0.3) is 0 Å². The Hall–Kier alpha value is -2.49. The third-order valence-electron chi connectivity index (χ3n) is 5.02. The van der Waals surface area contributed by atoms with E-state index >= 15 is 0 Å². The maximum absolute atomic E-state index is 4.39. The van der Waals surface area contributed by atoms with Gasteiger partial charge in [-0.3, -0.25) is 14.8 Å². The van der Waals surface area contributed by atoms with Crippen molar-refractivity contribution in [1.29, 1.82) is 0 Å². The third-order valence-corrected chi connectivity index (χ3v) is 5.02. The molecule has 1 aliphatic heterocycles. The summed E-state index contributed by atoms with van der Waals surface area (Å²) >= 11 is 0. The second kappa shape index (κ2) is 8.26. The molecule has 3 aromatic rings. The van der Waals surface area contributed by atoms with Gasteiger partial charge in [0, 0.05) is 44.1 Å². The molecule has 1 aromatic heterocycles. The van der Waals surface area contributed by atoms with Gasteiger partial charge in [-0.05, 0) is 23.6 Å². The van der Waals surface area contributed by atoms with Crippen LogP contribution in [0.3, 0.4) is 0 Å². The molecule has 132 valence electrons. The molecule has 0 unspecified atom stereocenters. The standard InChI is InChI=1S/C23H25N3/c1-3-9-20(10-4-1)18-25-15-8-16-26(19-21-11-5-2-6-12-21)23(25)22-13-7-14-24-17-22/h1-7,9-14,17,23H,8,15-16,18-19H2. The fourth-order valence-electron chi connectivity index (χ4n) is 3.87. The molecule has 2 aromatic carbocycles. The normalized spacial score (nSPS) is 16.6. The van der Waals surface area contributed by atoms with Gasteiger partial charge in [0.2, 0.25) is 0 Å². The predicted molar refractivity (Wildman–Crippen MR) is 105 cm³/mol. The van der Waals surface area contributed by atoms with Gasteiger partial charge in [-0.25, -0.2) is 0 Å². The molecule has 0 spiro atoms. The highest BCUT2D eigenvalue weighted by Gasteiger charge is 2.30. The lowest BCUT2D eigenvalue weighted by atomic mass is 10.1. The van der Waals surface area contributed by atoms with Crippen molar-refractivity contribution in [3.63, 3.8) is 0 Å². The van der Waals surface area contributed by atoms with E-state index in [1.807, 2.05) is 18.5 Å². The number of aromatic nitrogens is 1. The Morgan fingerprint density at radius 2 is 1.31 bits per heavy atom. The Balaban J connectivity index is 1.62. The number of benzene rings is 2. The van der Waals surface area contributed by atoms with E-state index in [9.17, 15) is 0 Å². The van der Waals surface area contributed by atoms with Crippen LogP contribution >= 0.6 is 0 Å². The minimum Gasteiger partial charge on any atom is -0.280 e. The Morgan fingerprint density at radius 3 is 1.81 bits per heavy atom. The molecule has 0 saturated carbocycles. The van der Waals surface area contributed by atoms with E-state index in [2.05, 4.69) is 81.5 Å². The fourth-order valence-corrected chi connectivity index (χ4v) is 3.87. The predicted octanol–water partition coefficient (Wildman–Crippen LogP) is 4.49. The van der Waals surface area contributed by atoms with Gasteiger partial charge in [-0.15, -0.1) is 0 Å². The van der Waals surface area contributed by atoms with Crippen LogP contribution in [0.5, 0.6) is 0 Å². The van der Waals surface area contributed by atoms with Crippen LogP contribution in [0.15, 0.2) is 85.2 Å². The molecule has 2 heterocycles. The van der Waals surface area contributed by atoms with E-state index in [4.69, 9.17) is 0 Å². The maximum Gasteiger partial charge on any atom is 0.0907 e. The molecule has 0 amide bonds. The van der Waals surface area contributed by atoms with Crippen molar-refractivity contribution in [2.75, 3.05) is 13.1 Å². The second-order valence-corrected chi connectivity index (χ2v) is 6.93. The van der Waals surface area contributed by atoms with Crippen LogP contribution in [0.4, 0.5) is 0 Å². The molecule has 0 N–H and O–H groups in total. The van der Waals surface area contributed by atoms with E-state index < -0.39 is 0 Å². The molecule has 1 aliphatic rings. The molecule has 0 radical (unpaired) electrons. The summed E-state index contributed by atoms with van der Waals surface area (Å²) in [4.78, 5) is 9.55. The molecule has 1 saturated heterocycles. The van der Waals surface area contributed by atoms with Crippen molar-refractivity contribution in [2.24, 2.45) is 0 Å².